The Morgan fingerprint density at radius 1 is 1.21 bits per heavy atom. The topological polar surface area (TPSA) is 84.4 Å². The number of nitrogens with zero attached hydrogens (tertiary/aromatic N) is 1. The van der Waals surface area contributed by atoms with Crippen LogP contribution in [0.1, 0.15) is 51.4 Å². The normalized spacial score (nSPS) is 32.6. The van der Waals surface area contributed by atoms with Crippen molar-refractivity contribution in [2.45, 2.75) is 69.5 Å². The van der Waals surface area contributed by atoms with E-state index < -0.39 is 0 Å². The van der Waals surface area contributed by atoms with Crippen LogP contribution in [-0.4, -0.2) is 29.0 Å². The van der Waals surface area contributed by atoms with Gasteiger partial charge >= 0.3 is 0 Å². The highest BCUT2D eigenvalue weighted by atomic mass is 16.1. The number of amides is 1. The van der Waals surface area contributed by atoms with Crippen LogP contribution in [0.5, 0.6) is 0 Å². The number of rotatable bonds is 2. The Kier molecular flexibility index (Phi) is 3.50. The van der Waals surface area contributed by atoms with Gasteiger partial charge in [0.05, 0.1) is 0 Å². The smallest absolute Gasteiger partial charge is 0.240 e. The highest BCUT2D eigenvalue weighted by Crippen LogP contribution is 2.36. The van der Waals surface area contributed by atoms with Gasteiger partial charge in [-0.1, -0.05) is 19.3 Å². The average Bonchev–Trinajstić information content (AvgIpc) is 2.78. The summed E-state index contributed by atoms with van der Waals surface area (Å²) in [5, 5.41) is 2.26. The van der Waals surface area contributed by atoms with Gasteiger partial charge in [0.2, 0.25) is 5.91 Å². The molecule has 0 aromatic rings. The number of primary amides is 1. The summed E-state index contributed by atoms with van der Waals surface area (Å²) in [6.07, 6.45) is 9.11. The SMILES string of the molecule is NC(=O)C1NN(C2CCCCC2)C2=C1CC(N)CC2. The van der Waals surface area contributed by atoms with E-state index in [4.69, 9.17) is 11.5 Å². The third-order valence-electron chi connectivity index (χ3n) is 4.74. The van der Waals surface area contributed by atoms with E-state index in [0.717, 1.165) is 24.8 Å². The van der Waals surface area contributed by atoms with E-state index in [0.29, 0.717) is 6.04 Å². The first-order valence-corrected chi connectivity index (χ1v) is 7.49. The Morgan fingerprint density at radius 3 is 2.63 bits per heavy atom. The van der Waals surface area contributed by atoms with Gasteiger partial charge in [0.1, 0.15) is 6.04 Å². The average molecular weight is 264 g/mol. The van der Waals surface area contributed by atoms with Crippen LogP contribution in [0.3, 0.4) is 0 Å². The van der Waals surface area contributed by atoms with Crippen molar-refractivity contribution in [1.82, 2.24) is 10.4 Å². The molecular formula is C14H24N4O. The molecule has 5 heteroatoms. The summed E-state index contributed by atoms with van der Waals surface area (Å²) >= 11 is 0. The van der Waals surface area contributed by atoms with Crippen LogP contribution in [0, 0.1) is 0 Å². The van der Waals surface area contributed by atoms with Gasteiger partial charge in [-0.3, -0.25) is 4.79 Å². The second-order valence-corrected chi connectivity index (χ2v) is 6.10. The molecule has 1 amide bonds. The van der Waals surface area contributed by atoms with Gasteiger partial charge in [-0.05, 0) is 37.7 Å². The second kappa shape index (κ2) is 5.13. The van der Waals surface area contributed by atoms with Gasteiger partial charge in [-0.15, -0.1) is 0 Å². The van der Waals surface area contributed by atoms with Crippen molar-refractivity contribution in [3.63, 3.8) is 0 Å². The molecule has 1 fully saturated rings. The molecule has 0 aromatic carbocycles. The number of hydrogen-bond acceptors (Lipinski definition) is 4. The number of hydrogen-bond donors (Lipinski definition) is 3. The number of allylic oxidation sites excluding steroid dienone is 1. The lowest BCUT2D eigenvalue weighted by Crippen LogP contribution is -2.49. The first-order valence-electron chi connectivity index (χ1n) is 7.49. The quantitative estimate of drug-likeness (QED) is 0.687. The minimum Gasteiger partial charge on any atom is -0.368 e. The molecule has 1 saturated carbocycles. The predicted octanol–water partition coefficient (Wildman–Crippen LogP) is 0.758. The summed E-state index contributed by atoms with van der Waals surface area (Å²) in [5.41, 5.74) is 17.4. The van der Waals surface area contributed by atoms with Crippen LogP contribution in [0.25, 0.3) is 0 Å². The maximum atomic E-state index is 11.6. The van der Waals surface area contributed by atoms with E-state index in [1.54, 1.807) is 0 Å². The molecule has 2 unspecified atom stereocenters. The summed E-state index contributed by atoms with van der Waals surface area (Å²) in [5.74, 6) is -0.278. The largest absolute Gasteiger partial charge is 0.368 e. The molecule has 19 heavy (non-hydrogen) atoms. The van der Waals surface area contributed by atoms with Crippen LogP contribution < -0.4 is 16.9 Å². The second-order valence-electron chi connectivity index (χ2n) is 6.10. The number of nitrogens with two attached hydrogens (primary N) is 2. The standard InChI is InChI=1S/C14H24N4O/c15-9-6-7-12-11(8-9)13(14(16)19)17-18(12)10-4-2-1-3-5-10/h9-10,13,17H,1-8,15H2,(H2,16,19). The number of hydrazine groups is 1. The lowest BCUT2D eigenvalue weighted by Gasteiger charge is -2.35. The highest BCUT2D eigenvalue weighted by molar-refractivity contribution is 5.84. The number of nitrogens with one attached hydrogen (secondary N) is 1. The fourth-order valence-electron chi connectivity index (χ4n) is 3.74. The number of carbonyl (C=O) groups excluding carboxylic acids is 1. The molecule has 0 spiro atoms. The zero-order valence-electron chi connectivity index (χ0n) is 11.4. The molecule has 1 aliphatic heterocycles. The van der Waals surface area contributed by atoms with Crippen molar-refractivity contribution in [3.05, 3.63) is 11.3 Å². The summed E-state index contributed by atoms with van der Waals surface area (Å²) in [6.45, 7) is 0. The molecular weight excluding hydrogens is 240 g/mol. The molecule has 0 bridgehead atoms. The summed E-state index contributed by atoms with van der Waals surface area (Å²) in [4.78, 5) is 11.6. The van der Waals surface area contributed by atoms with Crippen LogP contribution in [-0.2, 0) is 4.79 Å². The molecule has 2 aliphatic carbocycles. The van der Waals surface area contributed by atoms with Crippen LogP contribution >= 0.6 is 0 Å². The monoisotopic (exact) mass is 264 g/mol. The third kappa shape index (κ3) is 2.37. The molecule has 2 atom stereocenters. The van der Waals surface area contributed by atoms with Gasteiger partial charge < -0.3 is 16.5 Å². The fraction of sp³-hybridized carbons (Fsp3) is 0.786. The van der Waals surface area contributed by atoms with Gasteiger partial charge in [0.25, 0.3) is 0 Å². The highest BCUT2D eigenvalue weighted by Gasteiger charge is 2.40. The molecule has 3 rings (SSSR count). The number of carbonyl (C=O) groups is 1. The van der Waals surface area contributed by atoms with Gasteiger partial charge in [-0.25, -0.2) is 5.43 Å². The van der Waals surface area contributed by atoms with Gasteiger partial charge in [-0.2, -0.15) is 0 Å². The first-order chi connectivity index (χ1) is 9.16. The molecule has 1 heterocycles. The lowest BCUT2D eigenvalue weighted by molar-refractivity contribution is -0.119. The van der Waals surface area contributed by atoms with E-state index in [-0.39, 0.29) is 18.0 Å². The van der Waals surface area contributed by atoms with Crippen molar-refractivity contribution >= 4 is 5.91 Å². The van der Waals surface area contributed by atoms with Crippen molar-refractivity contribution in [2.24, 2.45) is 11.5 Å². The van der Waals surface area contributed by atoms with E-state index in [2.05, 4.69) is 10.4 Å². The summed E-state index contributed by atoms with van der Waals surface area (Å²) in [6, 6.07) is 0.370. The van der Waals surface area contributed by atoms with Crippen LogP contribution in [0.4, 0.5) is 0 Å². The summed E-state index contributed by atoms with van der Waals surface area (Å²) in [7, 11) is 0. The van der Waals surface area contributed by atoms with Crippen molar-refractivity contribution in [1.29, 1.82) is 0 Å². The van der Waals surface area contributed by atoms with Gasteiger partial charge in [0, 0.05) is 17.8 Å². The Bertz CT molecular complexity index is 400. The van der Waals surface area contributed by atoms with Crippen LogP contribution in [0.2, 0.25) is 0 Å². The minimum absolute atomic E-state index is 0.175. The molecule has 0 radical (unpaired) electrons. The van der Waals surface area contributed by atoms with Crippen molar-refractivity contribution in [2.75, 3.05) is 0 Å². The Labute approximate surface area is 114 Å². The third-order valence-corrected chi connectivity index (χ3v) is 4.74. The molecule has 0 aromatic heterocycles. The fourth-order valence-corrected chi connectivity index (χ4v) is 3.74. The molecule has 5 N–H and O–H groups in total. The Balaban J connectivity index is 1.84. The Morgan fingerprint density at radius 2 is 1.95 bits per heavy atom. The van der Waals surface area contributed by atoms with E-state index >= 15 is 0 Å². The zero-order chi connectivity index (χ0) is 13.4. The maximum absolute atomic E-state index is 11.6. The minimum atomic E-state index is -0.330. The molecule has 5 nitrogen and oxygen atoms in total. The molecule has 106 valence electrons. The zero-order valence-corrected chi connectivity index (χ0v) is 11.4. The Hall–Kier alpha value is -1.07. The first kappa shape index (κ1) is 12.9. The predicted molar refractivity (Wildman–Crippen MR) is 73.7 cm³/mol. The van der Waals surface area contributed by atoms with Gasteiger partial charge in [0.15, 0.2) is 0 Å². The van der Waals surface area contributed by atoms with Crippen molar-refractivity contribution in [3.8, 4) is 0 Å². The van der Waals surface area contributed by atoms with E-state index in [1.165, 1.54) is 37.8 Å². The molecule has 0 saturated heterocycles. The maximum Gasteiger partial charge on any atom is 0.240 e. The lowest BCUT2D eigenvalue weighted by atomic mass is 9.88. The molecule has 3 aliphatic rings. The van der Waals surface area contributed by atoms with Crippen LogP contribution in [0.15, 0.2) is 11.3 Å². The summed E-state index contributed by atoms with van der Waals surface area (Å²) < 4.78 is 0. The van der Waals surface area contributed by atoms with E-state index in [9.17, 15) is 4.79 Å². The van der Waals surface area contributed by atoms with E-state index in [1.807, 2.05) is 0 Å². The van der Waals surface area contributed by atoms with Crippen molar-refractivity contribution < 1.29 is 4.79 Å².